The van der Waals surface area contributed by atoms with Crippen LogP contribution in [0, 0.1) is 17.8 Å². The molecule has 4 aliphatic carbocycles. The normalized spacial score (nSPS) is 32.4. The monoisotopic (exact) mass is 418 g/mol. The molecule has 0 radical (unpaired) electrons. The lowest BCUT2D eigenvalue weighted by atomic mass is 9.53. The van der Waals surface area contributed by atoms with Crippen molar-refractivity contribution in [3.8, 4) is 0 Å². The second kappa shape index (κ2) is 9.56. The quantitative estimate of drug-likeness (QED) is 0.593. The zero-order valence-corrected chi connectivity index (χ0v) is 18.2. The fourth-order valence-electron chi connectivity index (χ4n) is 6.71. The average Bonchev–Trinajstić information content (AvgIpc) is 2.96. The van der Waals surface area contributed by atoms with E-state index in [0.717, 1.165) is 62.9 Å². The second-order valence-electron chi connectivity index (χ2n) is 10.2. The second-order valence-corrected chi connectivity index (χ2v) is 10.2. The van der Waals surface area contributed by atoms with E-state index >= 15 is 0 Å². The van der Waals surface area contributed by atoms with Crippen LogP contribution >= 0.6 is 0 Å². The summed E-state index contributed by atoms with van der Waals surface area (Å²) in [7, 11) is 0. The Morgan fingerprint density at radius 1 is 0.767 bits per heavy atom. The predicted octanol–water partition coefficient (Wildman–Crippen LogP) is 2.55. The molecule has 4 saturated carbocycles. The number of amides is 4. The molecule has 5 rings (SSSR count). The Hall–Kier alpha value is -1.79. The third kappa shape index (κ3) is 5.46. The number of carbonyl (C=O) groups excluding carboxylic acids is 3. The van der Waals surface area contributed by atoms with Gasteiger partial charge in [-0.25, -0.2) is 4.79 Å². The molecule has 0 atom stereocenters. The smallest absolute Gasteiger partial charge is 0.315 e. The van der Waals surface area contributed by atoms with E-state index in [-0.39, 0.29) is 29.8 Å². The predicted molar refractivity (Wildman–Crippen MR) is 115 cm³/mol. The number of nitrogens with zero attached hydrogens (tertiary/aromatic N) is 1. The molecule has 0 aromatic rings. The van der Waals surface area contributed by atoms with Crippen molar-refractivity contribution < 1.29 is 14.4 Å². The molecule has 3 N–H and O–H groups in total. The fourth-order valence-corrected chi connectivity index (χ4v) is 6.71. The standard InChI is InChI=1S/C23H38N4O3/c28-20(24-8-6-21(29)27-9-3-1-2-4-10-27)5-7-25-22(30)26-23-14-17-11-18(15-23)13-19(12-17)16-23/h17-19H,1-16H2,(H,24,28)(H2,25,26,30). The first kappa shape index (κ1) is 21.4. The third-order valence-corrected chi connectivity index (χ3v) is 7.67. The molecule has 1 heterocycles. The summed E-state index contributed by atoms with van der Waals surface area (Å²) >= 11 is 0. The van der Waals surface area contributed by atoms with Crippen LogP contribution in [0.2, 0.25) is 0 Å². The van der Waals surface area contributed by atoms with Gasteiger partial charge in [0, 0.05) is 44.6 Å². The van der Waals surface area contributed by atoms with E-state index in [1.54, 1.807) is 0 Å². The van der Waals surface area contributed by atoms with Crippen molar-refractivity contribution in [1.29, 1.82) is 0 Å². The highest BCUT2D eigenvalue weighted by Crippen LogP contribution is 2.55. The van der Waals surface area contributed by atoms with Crippen LogP contribution in [-0.2, 0) is 9.59 Å². The fraction of sp³-hybridized carbons (Fsp3) is 0.870. The maximum atomic E-state index is 12.4. The van der Waals surface area contributed by atoms with E-state index in [2.05, 4.69) is 16.0 Å². The minimum absolute atomic E-state index is 0.00517. The van der Waals surface area contributed by atoms with Gasteiger partial charge in [-0.2, -0.15) is 0 Å². The molecule has 0 unspecified atom stereocenters. The van der Waals surface area contributed by atoms with E-state index < -0.39 is 0 Å². The molecule has 1 aliphatic heterocycles. The summed E-state index contributed by atoms with van der Waals surface area (Å²) in [6.07, 6.45) is 12.6. The first-order valence-electron chi connectivity index (χ1n) is 12.1. The lowest BCUT2D eigenvalue weighted by molar-refractivity contribution is -0.131. The van der Waals surface area contributed by atoms with Gasteiger partial charge in [-0.3, -0.25) is 9.59 Å². The molecule has 0 aromatic heterocycles. The Kier molecular flexibility index (Phi) is 6.84. The topological polar surface area (TPSA) is 90.5 Å². The van der Waals surface area contributed by atoms with Crippen molar-refractivity contribution in [2.75, 3.05) is 26.2 Å². The van der Waals surface area contributed by atoms with Gasteiger partial charge in [0.05, 0.1) is 0 Å². The van der Waals surface area contributed by atoms with E-state index in [0.29, 0.717) is 19.5 Å². The number of hydrogen-bond donors (Lipinski definition) is 3. The molecular formula is C23H38N4O3. The Balaban J connectivity index is 1.09. The van der Waals surface area contributed by atoms with Gasteiger partial charge in [0.15, 0.2) is 0 Å². The number of rotatable bonds is 7. The Bertz CT molecular complexity index is 607. The maximum Gasteiger partial charge on any atom is 0.315 e. The van der Waals surface area contributed by atoms with Crippen LogP contribution in [0.4, 0.5) is 4.79 Å². The molecule has 4 amide bonds. The first-order valence-corrected chi connectivity index (χ1v) is 12.1. The van der Waals surface area contributed by atoms with Crippen molar-refractivity contribution in [2.45, 2.75) is 82.6 Å². The SMILES string of the molecule is O=C(CCNC(=O)NC12CC3CC(CC(C3)C1)C2)NCCC(=O)N1CCCCCC1. The highest BCUT2D eigenvalue weighted by atomic mass is 16.2. The van der Waals surface area contributed by atoms with Gasteiger partial charge in [0.1, 0.15) is 0 Å². The number of carbonyl (C=O) groups is 3. The molecule has 168 valence electrons. The van der Waals surface area contributed by atoms with E-state index in [1.807, 2.05) is 4.90 Å². The summed E-state index contributed by atoms with van der Waals surface area (Å²) < 4.78 is 0. The van der Waals surface area contributed by atoms with Crippen LogP contribution in [0.25, 0.3) is 0 Å². The van der Waals surface area contributed by atoms with Crippen LogP contribution in [0.5, 0.6) is 0 Å². The number of hydrogen-bond acceptors (Lipinski definition) is 3. The molecule has 0 spiro atoms. The molecule has 30 heavy (non-hydrogen) atoms. The average molecular weight is 419 g/mol. The first-order chi connectivity index (χ1) is 14.5. The highest BCUT2D eigenvalue weighted by molar-refractivity contribution is 5.80. The van der Waals surface area contributed by atoms with Crippen molar-refractivity contribution in [1.82, 2.24) is 20.9 Å². The van der Waals surface area contributed by atoms with Gasteiger partial charge < -0.3 is 20.9 Å². The molecular weight excluding hydrogens is 380 g/mol. The molecule has 5 aliphatic rings. The Morgan fingerprint density at radius 3 is 1.93 bits per heavy atom. The van der Waals surface area contributed by atoms with Crippen LogP contribution in [-0.4, -0.2) is 54.5 Å². The molecule has 5 fully saturated rings. The van der Waals surface area contributed by atoms with E-state index in [1.165, 1.54) is 32.1 Å². The maximum absolute atomic E-state index is 12.4. The molecule has 1 saturated heterocycles. The molecule has 7 nitrogen and oxygen atoms in total. The summed E-state index contributed by atoms with van der Waals surface area (Å²) in [6, 6.07) is -0.138. The van der Waals surface area contributed by atoms with Gasteiger partial charge in [-0.1, -0.05) is 12.8 Å². The number of urea groups is 1. The summed E-state index contributed by atoms with van der Waals surface area (Å²) in [5, 5.41) is 8.94. The third-order valence-electron chi connectivity index (χ3n) is 7.67. The van der Waals surface area contributed by atoms with Gasteiger partial charge in [-0.15, -0.1) is 0 Å². The summed E-state index contributed by atoms with van der Waals surface area (Å²) in [5.41, 5.74) is -0.00517. The lowest BCUT2D eigenvalue weighted by Crippen LogP contribution is -2.61. The minimum atomic E-state index is -0.138. The lowest BCUT2D eigenvalue weighted by Gasteiger charge is -2.56. The number of likely N-dealkylation sites (tertiary alicyclic amines) is 1. The molecule has 0 aromatic carbocycles. The number of nitrogens with one attached hydrogen (secondary N) is 3. The molecule has 4 bridgehead atoms. The zero-order valence-electron chi connectivity index (χ0n) is 18.2. The minimum Gasteiger partial charge on any atom is -0.356 e. The van der Waals surface area contributed by atoms with Crippen molar-refractivity contribution in [2.24, 2.45) is 17.8 Å². The van der Waals surface area contributed by atoms with E-state index in [9.17, 15) is 14.4 Å². The summed E-state index contributed by atoms with van der Waals surface area (Å²) in [5.74, 6) is 2.39. The van der Waals surface area contributed by atoms with Crippen LogP contribution in [0.15, 0.2) is 0 Å². The van der Waals surface area contributed by atoms with Crippen LogP contribution < -0.4 is 16.0 Å². The van der Waals surface area contributed by atoms with Gasteiger partial charge in [0.2, 0.25) is 11.8 Å². The van der Waals surface area contributed by atoms with E-state index in [4.69, 9.17) is 0 Å². The molecule has 7 heteroatoms. The van der Waals surface area contributed by atoms with Crippen molar-refractivity contribution >= 4 is 17.8 Å². The van der Waals surface area contributed by atoms with Gasteiger partial charge >= 0.3 is 6.03 Å². The highest BCUT2D eigenvalue weighted by Gasteiger charge is 2.51. The van der Waals surface area contributed by atoms with Crippen LogP contribution in [0.3, 0.4) is 0 Å². The Labute approximate surface area is 180 Å². The summed E-state index contributed by atoms with van der Waals surface area (Å²) in [6.45, 7) is 2.38. The van der Waals surface area contributed by atoms with Crippen molar-refractivity contribution in [3.63, 3.8) is 0 Å². The van der Waals surface area contributed by atoms with Crippen molar-refractivity contribution in [3.05, 3.63) is 0 Å². The largest absolute Gasteiger partial charge is 0.356 e. The van der Waals surface area contributed by atoms with Crippen LogP contribution in [0.1, 0.15) is 77.0 Å². The van der Waals surface area contributed by atoms with Gasteiger partial charge in [0.25, 0.3) is 0 Å². The Morgan fingerprint density at radius 2 is 1.33 bits per heavy atom. The van der Waals surface area contributed by atoms with Gasteiger partial charge in [-0.05, 0) is 69.1 Å². The zero-order chi connectivity index (χ0) is 21.0. The summed E-state index contributed by atoms with van der Waals surface area (Å²) in [4.78, 5) is 38.6.